The highest BCUT2D eigenvalue weighted by Gasteiger charge is 2.34. The van der Waals surface area contributed by atoms with Crippen LogP contribution in [-0.4, -0.2) is 25.2 Å². The molecule has 1 aliphatic heterocycles. The summed E-state index contributed by atoms with van der Waals surface area (Å²) in [7, 11) is 3.03. The molecule has 2 heterocycles. The van der Waals surface area contributed by atoms with Gasteiger partial charge in [0.25, 0.3) is 0 Å². The Bertz CT molecular complexity index is 885. The third-order valence-electron chi connectivity index (χ3n) is 4.57. The second-order valence-corrected chi connectivity index (χ2v) is 6.15. The van der Waals surface area contributed by atoms with Crippen molar-refractivity contribution in [1.29, 1.82) is 0 Å². The number of nitrogens with zero attached hydrogens (tertiary/aromatic N) is 1. The molecular weight excluding hydrogens is 328 g/mol. The molecule has 134 valence electrons. The maximum Gasteiger partial charge on any atom is 0.336 e. The highest BCUT2D eigenvalue weighted by Crippen LogP contribution is 2.44. The number of allylic oxidation sites excluding steroid dienone is 3. The van der Waals surface area contributed by atoms with Crippen molar-refractivity contribution in [3.05, 3.63) is 76.9 Å². The number of rotatable bonds is 4. The van der Waals surface area contributed by atoms with Crippen molar-refractivity contribution in [3.8, 4) is 5.75 Å². The van der Waals surface area contributed by atoms with Crippen molar-refractivity contribution in [3.63, 3.8) is 0 Å². The first-order valence-electron chi connectivity index (χ1n) is 8.38. The van der Waals surface area contributed by atoms with Gasteiger partial charge in [-0.05, 0) is 48.7 Å². The summed E-state index contributed by atoms with van der Waals surface area (Å²) in [5.41, 5.74) is 5.27. The number of methoxy groups -OCH3 is 2. The third kappa shape index (κ3) is 3.20. The summed E-state index contributed by atoms with van der Waals surface area (Å²) in [5.74, 6) is 0.116. The van der Waals surface area contributed by atoms with E-state index in [1.807, 2.05) is 56.4 Å². The zero-order valence-corrected chi connectivity index (χ0v) is 15.4. The van der Waals surface area contributed by atoms with Crippen LogP contribution in [-0.2, 0) is 9.53 Å². The van der Waals surface area contributed by atoms with E-state index in [4.69, 9.17) is 9.47 Å². The van der Waals surface area contributed by atoms with E-state index in [1.165, 1.54) is 7.11 Å². The summed E-state index contributed by atoms with van der Waals surface area (Å²) in [6, 6.07) is 11.7. The molecular formula is C21H22N2O3. The average Bonchev–Trinajstić information content (AvgIpc) is 2.67. The summed E-state index contributed by atoms with van der Waals surface area (Å²) in [6.07, 6.45) is 3.54. The van der Waals surface area contributed by atoms with E-state index in [2.05, 4.69) is 10.3 Å². The van der Waals surface area contributed by atoms with Crippen LogP contribution in [0.15, 0.2) is 65.8 Å². The quantitative estimate of drug-likeness (QED) is 0.853. The van der Waals surface area contributed by atoms with E-state index in [1.54, 1.807) is 13.3 Å². The van der Waals surface area contributed by atoms with Crippen molar-refractivity contribution in [2.24, 2.45) is 0 Å². The molecule has 5 nitrogen and oxygen atoms in total. The van der Waals surface area contributed by atoms with Gasteiger partial charge in [-0.15, -0.1) is 0 Å². The Morgan fingerprint density at radius 1 is 1.12 bits per heavy atom. The summed E-state index contributed by atoms with van der Waals surface area (Å²) in [6.45, 7) is 3.90. The second kappa shape index (κ2) is 7.44. The van der Waals surface area contributed by atoms with Crippen LogP contribution in [0.1, 0.15) is 30.9 Å². The minimum absolute atomic E-state index is 0.275. The number of carbonyl (C=O) groups excluding carboxylic acids is 1. The number of ether oxygens (including phenoxy) is 2. The molecule has 2 aromatic rings. The Hall–Kier alpha value is -3.08. The van der Waals surface area contributed by atoms with E-state index < -0.39 is 0 Å². The highest BCUT2D eigenvalue weighted by molar-refractivity contribution is 5.97. The second-order valence-electron chi connectivity index (χ2n) is 6.15. The number of nitrogens with one attached hydrogen (secondary N) is 1. The largest absolute Gasteiger partial charge is 0.497 e. The number of benzene rings is 1. The number of carbonyl (C=O) groups is 1. The average molecular weight is 350 g/mol. The fraction of sp³-hybridized carbons (Fsp3) is 0.238. The lowest BCUT2D eigenvalue weighted by atomic mass is 9.78. The molecule has 5 heteroatoms. The third-order valence-corrected chi connectivity index (χ3v) is 4.57. The first kappa shape index (κ1) is 17.7. The maximum atomic E-state index is 12.6. The van der Waals surface area contributed by atoms with Crippen molar-refractivity contribution in [2.75, 3.05) is 14.2 Å². The van der Waals surface area contributed by atoms with Crippen molar-refractivity contribution < 1.29 is 14.3 Å². The Balaban J connectivity index is 2.24. The lowest BCUT2D eigenvalue weighted by Gasteiger charge is -2.31. The normalized spacial score (nSPS) is 17.0. The van der Waals surface area contributed by atoms with Gasteiger partial charge in [-0.2, -0.15) is 0 Å². The van der Waals surface area contributed by atoms with E-state index >= 15 is 0 Å². The summed E-state index contributed by atoms with van der Waals surface area (Å²) < 4.78 is 10.5. The number of hydrogen-bond donors (Lipinski definition) is 1. The van der Waals surface area contributed by atoms with Crippen molar-refractivity contribution >= 4 is 11.5 Å². The predicted octanol–water partition coefficient (Wildman–Crippen LogP) is 3.66. The Morgan fingerprint density at radius 3 is 2.58 bits per heavy atom. The van der Waals surface area contributed by atoms with Crippen molar-refractivity contribution in [1.82, 2.24) is 10.3 Å². The molecule has 1 atom stereocenters. The molecule has 1 unspecified atom stereocenters. The molecule has 0 saturated heterocycles. The Kier molecular flexibility index (Phi) is 5.07. The van der Waals surface area contributed by atoms with Crippen LogP contribution in [0.2, 0.25) is 0 Å². The molecule has 0 fully saturated rings. The molecule has 0 saturated carbocycles. The molecule has 1 N–H and O–H groups in total. The van der Waals surface area contributed by atoms with Gasteiger partial charge in [0.2, 0.25) is 0 Å². The minimum Gasteiger partial charge on any atom is -0.497 e. The minimum atomic E-state index is -0.350. The van der Waals surface area contributed by atoms with E-state index in [-0.39, 0.29) is 11.9 Å². The highest BCUT2D eigenvalue weighted by atomic mass is 16.5. The van der Waals surface area contributed by atoms with Gasteiger partial charge >= 0.3 is 5.97 Å². The first-order valence-corrected chi connectivity index (χ1v) is 8.38. The molecule has 1 aromatic heterocycles. The first-order chi connectivity index (χ1) is 12.6. The zero-order valence-electron chi connectivity index (χ0n) is 15.4. The van der Waals surface area contributed by atoms with Crippen molar-refractivity contribution in [2.45, 2.75) is 19.8 Å². The van der Waals surface area contributed by atoms with Crippen LogP contribution in [0, 0.1) is 0 Å². The number of pyridine rings is 1. The number of hydrogen-bond acceptors (Lipinski definition) is 5. The fourth-order valence-corrected chi connectivity index (χ4v) is 3.43. The van der Waals surface area contributed by atoms with Gasteiger partial charge < -0.3 is 14.8 Å². The summed E-state index contributed by atoms with van der Waals surface area (Å²) in [5, 5.41) is 3.32. The van der Waals surface area contributed by atoms with Gasteiger partial charge in [0.1, 0.15) is 5.75 Å². The van der Waals surface area contributed by atoms with Crippen LogP contribution < -0.4 is 10.1 Å². The summed E-state index contributed by atoms with van der Waals surface area (Å²) in [4.78, 5) is 16.9. The molecule has 1 aromatic carbocycles. The Morgan fingerprint density at radius 2 is 1.92 bits per heavy atom. The molecule has 0 bridgehead atoms. The molecule has 1 aliphatic rings. The molecule has 0 radical (unpaired) electrons. The molecule has 0 spiro atoms. The van der Waals surface area contributed by atoms with Gasteiger partial charge in [0, 0.05) is 29.7 Å². The SMILES string of the molecule is COC(=O)C1=C(C)NC(C)=C(c2cccnc2)C1c1cccc(OC)c1. The smallest absolute Gasteiger partial charge is 0.336 e. The van der Waals surface area contributed by atoms with Gasteiger partial charge in [-0.25, -0.2) is 4.79 Å². The number of dihydropyridines is 1. The van der Waals surface area contributed by atoms with E-state index in [0.717, 1.165) is 33.8 Å². The predicted molar refractivity (Wildman–Crippen MR) is 100 cm³/mol. The van der Waals surface area contributed by atoms with Gasteiger partial charge in [0.15, 0.2) is 0 Å². The van der Waals surface area contributed by atoms with Gasteiger partial charge in [0.05, 0.1) is 19.8 Å². The van der Waals surface area contributed by atoms with Crippen LogP contribution in [0.5, 0.6) is 5.75 Å². The molecule has 0 amide bonds. The number of esters is 1. The summed E-state index contributed by atoms with van der Waals surface area (Å²) >= 11 is 0. The lowest BCUT2D eigenvalue weighted by Crippen LogP contribution is -2.28. The lowest BCUT2D eigenvalue weighted by molar-refractivity contribution is -0.136. The van der Waals surface area contributed by atoms with Crippen LogP contribution >= 0.6 is 0 Å². The van der Waals surface area contributed by atoms with Crippen LogP contribution in [0.4, 0.5) is 0 Å². The van der Waals surface area contributed by atoms with E-state index in [9.17, 15) is 4.79 Å². The Labute approximate surface area is 153 Å². The van der Waals surface area contributed by atoms with Crippen LogP contribution in [0.3, 0.4) is 0 Å². The standard InChI is InChI=1S/C21H22N2O3/c1-13-18(16-8-6-10-22-12-16)20(15-7-5-9-17(11-15)25-3)19(14(2)23-13)21(24)26-4/h5-12,20,23H,1-4H3. The fourth-order valence-electron chi connectivity index (χ4n) is 3.43. The molecule has 26 heavy (non-hydrogen) atoms. The maximum absolute atomic E-state index is 12.6. The number of aromatic nitrogens is 1. The molecule has 0 aliphatic carbocycles. The molecule has 3 rings (SSSR count). The van der Waals surface area contributed by atoms with Gasteiger partial charge in [-0.3, -0.25) is 4.98 Å². The topological polar surface area (TPSA) is 60.5 Å². The zero-order chi connectivity index (χ0) is 18.7. The van der Waals surface area contributed by atoms with Crippen LogP contribution in [0.25, 0.3) is 5.57 Å². The van der Waals surface area contributed by atoms with E-state index in [0.29, 0.717) is 5.57 Å². The van der Waals surface area contributed by atoms with Gasteiger partial charge in [-0.1, -0.05) is 18.2 Å². The monoisotopic (exact) mass is 350 g/mol.